The molecule has 5 nitrogen and oxygen atoms in total. The zero-order chi connectivity index (χ0) is 19.2. The molecule has 0 bridgehead atoms. The lowest BCUT2D eigenvalue weighted by molar-refractivity contribution is -0.120. The highest BCUT2D eigenvalue weighted by molar-refractivity contribution is 7.16. The summed E-state index contributed by atoms with van der Waals surface area (Å²) < 4.78 is 40.1. The summed E-state index contributed by atoms with van der Waals surface area (Å²) in [6, 6.07) is 10.2. The standard InChI is InChI=1S/C19H18F2N2O3S/c1-2-25-10-9-23-15-8-7-13(20)11-17(15)27-19(23)22-18(24)12-26-16-6-4-3-5-14(16)21/h3-8,11H,2,9-10,12H2,1H3. The average molecular weight is 392 g/mol. The topological polar surface area (TPSA) is 52.8 Å². The van der Waals surface area contributed by atoms with Gasteiger partial charge >= 0.3 is 0 Å². The number of rotatable bonds is 7. The van der Waals surface area contributed by atoms with Crippen LogP contribution < -0.4 is 9.54 Å². The van der Waals surface area contributed by atoms with Crippen LogP contribution in [0.15, 0.2) is 47.5 Å². The van der Waals surface area contributed by atoms with E-state index in [1.807, 2.05) is 6.92 Å². The van der Waals surface area contributed by atoms with E-state index in [0.717, 1.165) is 5.52 Å². The number of thiazole rings is 1. The number of amides is 1. The number of hydrogen-bond acceptors (Lipinski definition) is 4. The van der Waals surface area contributed by atoms with Crippen molar-refractivity contribution in [1.82, 2.24) is 4.57 Å². The molecule has 0 radical (unpaired) electrons. The molecular weight excluding hydrogens is 374 g/mol. The lowest BCUT2D eigenvalue weighted by Gasteiger charge is -2.06. The first-order valence-electron chi connectivity index (χ1n) is 8.40. The van der Waals surface area contributed by atoms with Gasteiger partial charge in [-0.3, -0.25) is 4.79 Å². The Morgan fingerprint density at radius 1 is 1.22 bits per heavy atom. The zero-order valence-electron chi connectivity index (χ0n) is 14.7. The molecule has 1 amide bonds. The Balaban J connectivity index is 1.85. The lowest BCUT2D eigenvalue weighted by Crippen LogP contribution is -2.21. The number of carbonyl (C=O) groups is 1. The highest BCUT2D eigenvalue weighted by Gasteiger charge is 2.10. The van der Waals surface area contributed by atoms with E-state index < -0.39 is 18.3 Å². The molecule has 0 aliphatic carbocycles. The highest BCUT2D eigenvalue weighted by Crippen LogP contribution is 2.19. The minimum absolute atomic E-state index is 0.0105. The first kappa shape index (κ1) is 19.2. The maximum absolute atomic E-state index is 13.6. The van der Waals surface area contributed by atoms with Gasteiger partial charge in [-0.1, -0.05) is 23.5 Å². The summed E-state index contributed by atoms with van der Waals surface area (Å²) >= 11 is 1.20. The van der Waals surface area contributed by atoms with Gasteiger partial charge < -0.3 is 14.0 Å². The molecule has 0 fully saturated rings. The van der Waals surface area contributed by atoms with Gasteiger partial charge in [0.25, 0.3) is 5.91 Å². The normalized spacial score (nSPS) is 11.9. The van der Waals surface area contributed by atoms with Crippen molar-refractivity contribution in [3.63, 3.8) is 0 Å². The number of benzene rings is 2. The number of halogens is 2. The van der Waals surface area contributed by atoms with Gasteiger partial charge in [0.15, 0.2) is 23.0 Å². The number of aromatic nitrogens is 1. The molecule has 2 aromatic carbocycles. The van der Waals surface area contributed by atoms with E-state index >= 15 is 0 Å². The van der Waals surface area contributed by atoms with Gasteiger partial charge in [0.2, 0.25) is 0 Å². The van der Waals surface area contributed by atoms with E-state index in [1.54, 1.807) is 16.7 Å². The van der Waals surface area contributed by atoms with Gasteiger partial charge in [-0.15, -0.1) is 0 Å². The van der Waals surface area contributed by atoms with Crippen LogP contribution in [0.2, 0.25) is 0 Å². The minimum Gasteiger partial charge on any atom is -0.481 e. The fourth-order valence-electron chi connectivity index (χ4n) is 2.49. The average Bonchev–Trinajstić information content (AvgIpc) is 2.97. The molecule has 0 spiro atoms. The summed E-state index contributed by atoms with van der Waals surface area (Å²) in [6.07, 6.45) is 0. The first-order valence-corrected chi connectivity index (χ1v) is 9.21. The van der Waals surface area contributed by atoms with E-state index in [4.69, 9.17) is 9.47 Å². The Morgan fingerprint density at radius 2 is 2.04 bits per heavy atom. The fourth-order valence-corrected chi connectivity index (χ4v) is 3.59. The molecule has 0 saturated heterocycles. The second-order valence-electron chi connectivity index (χ2n) is 5.57. The third kappa shape index (κ3) is 4.78. The van der Waals surface area contributed by atoms with E-state index in [1.165, 1.54) is 41.7 Å². The smallest absolute Gasteiger partial charge is 0.286 e. The van der Waals surface area contributed by atoms with Crippen molar-refractivity contribution in [2.45, 2.75) is 13.5 Å². The van der Waals surface area contributed by atoms with Crippen molar-refractivity contribution in [2.75, 3.05) is 19.8 Å². The molecule has 0 unspecified atom stereocenters. The van der Waals surface area contributed by atoms with Crippen molar-refractivity contribution in [3.8, 4) is 5.75 Å². The predicted octanol–water partition coefficient (Wildman–Crippen LogP) is 3.52. The predicted molar refractivity (Wildman–Crippen MR) is 98.7 cm³/mol. The Kier molecular flexibility index (Phi) is 6.31. The Morgan fingerprint density at radius 3 is 2.81 bits per heavy atom. The van der Waals surface area contributed by atoms with Crippen molar-refractivity contribution in [1.29, 1.82) is 0 Å². The summed E-state index contributed by atoms with van der Waals surface area (Å²) in [7, 11) is 0. The fraction of sp³-hybridized carbons (Fsp3) is 0.263. The summed E-state index contributed by atoms with van der Waals surface area (Å²) in [5.41, 5.74) is 0.766. The van der Waals surface area contributed by atoms with Gasteiger partial charge in [-0.05, 0) is 37.3 Å². The molecule has 0 saturated carbocycles. The molecule has 0 aliphatic rings. The third-order valence-corrected chi connectivity index (χ3v) is 4.76. The Bertz CT molecular complexity index is 1010. The van der Waals surface area contributed by atoms with Crippen molar-refractivity contribution < 1.29 is 23.0 Å². The molecule has 142 valence electrons. The summed E-state index contributed by atoms with van der Waals surface area (Å²) in [4.78, 5) is 16.7. The van der Waals surface area contributed by atoms with Gasteiger partial charge in [-0.25, -0.2) is 8.78 Å². The number of para-hydroxylation sites is 1. The highest BCUT2D eigenvalue weighted by atomic mass is 32.1. The van der Waals surface area contributed by atoms with Gasteiger partial charge in [0, 0.05) is 13.2 Å². The summed E-state index contributed by atoms with van der Waals surface area (Å²) in [6.45, 7) is 2.97. The van der Waals surface area contributed by atoms with Crippen molar-refractivity contribution >= 4 is 27.5 Å². The van der Waals surface area contributed by atoms with Crippen LogP contribution in [-0.2, 0) is 16.1 Å². The second kappa shape index (κ2) is 8.88. The molecule has 1 heterocycles. The van der Waals surface area contributed by atoms with E-state index in [9.17, 15) is 13.6 Å². The van der Waals surface area contributed by atoms with Gasteiger partial charge in [0.05, 0.1) is 16.8 Å². The molecule has 3 rings (SSSR count). The number of nitrogens with zero attached hydrogens (tertiary/aromatic N) is 2. The maximum atomic E-state index is 13.6. The number of ether oxygens (including phenoxy) is 2. The van der Waals surface area contributed by atoms with Crippen molar-refractivity contribution in [3.05, 3.63) is 58.9 Å². The largest absolute Gasteiger partial charge is 0.481 e. The van der Waals surface area contributed by atoms with Crippen LogP contribution in [0.25, 0.3) is 10.2 Å². The molecule has 3 aromatic rings. The molecule has 0 N–H and O–H groups in total. The van der Waals surface area contributed by atoms with Crippen LogP contribution >= 0.6 is 11.3 Å². The molecule has 0 aliphatic heterocycles. The van der Waals surface area contributed by atoms with E-state index in [0.29, 0.717) is 29.3 Å². The maximum Gasteiger partial charge on any atom is 0.286 e. The third-order valence-electron chi connectivity index (χ3n) is 3.72. The Labute approximate surface area is 158 Å². The number of hydrogen-bond donors (Lipinski definition) is 0. The summed E-state index contributed by atoms with van der Waals surface area (Å²) in [5, 5.41) is 0. The number of fused-ring (bicyclic) bond motifs is 1. The molecular formula is C19H18F2N2O3S. The van der Waals surface area contributed by atoms with Crippen LogP contribution in [0.5, 0.6) is 5.75 Å². The van der Waals surface area contributed by atoms with Gasteiger partial charge in [-0.2, -0.15) is 4.99 Å². The second-order valence-corrected chi connectivity index (χ2v) is 6.58. The number of carbonyl (C=O) groups excluding carboxylic acids is 1. The van der Waals surface area contributed by atoms with Crippen LogP contribution in [0, 0.1) is 11.6 Å². The monoisotopic (exact) mass is 392 g/mol. The lowest BCUT2D eigenvalue weighted by atomic mass is 10.3. The Hall–Kier alpha value is -2.58. The molecule has 8 heteroatoms. The van der Waals surface area contributed by atoms with E-state index in [-0.39, 0.29) is 11.6 Å². The molecule has 0 atom stereocenters. The minimum atomic E-state index is -0.560. The van der Waals surface area contributed by atoms with Gasteiger partial charge in [0.1, 0.15) is 5.82 Å². The SMILES string of the molecule is CCOCCn1c(=NC(=O)COc2ccccc2F)sc2cc(F)ccc21. The first-order chi connectivity index (χ1) is 13.1. The van der Waals surface area contributed by atoms with Crippen LogP contribution in [0.1, 0.15) is 6.92 Å². The van der Waals surface area contributed by atoms with Crippen molar-refractivity contribution in [2.24, 2.45) is 4.99 Å². The van der Waals surface area contributed by atoms with E-state index in [2.05, 4.69) is 4.99 Å². The molecule has 27 heavy (non-hydrogen) atoms. The van der Waals surface area contributed by atoms with Crippen LogP contribution in [0.3, 0.4) is 0 Å². The quantitative estimate of drug-likeness (QED) is 0.578. The van der Waals surface area contributed by atoms with Crippen LogP contribution in [-0.4, -0.2) is 30.3 Å². The zero-order valence-corrected chi connectivity index (χ0v) is 15.5. The van der Waals surface area contributed by atoms with Crippen LogP contribution in [0.4, 0.5) is 8.78 Å². The molecule has 1 aromatic heterocycles. The summed E-state index contributed by atoms with van der Waals surface area (Å²) in [5.74, 6) is -1.48.